The first-order valence-corrected chi connectivity index (χ1v) is 13.8. The Labute approximate surface area is 243 Å². The molecule has 0 bridgehead atoms. The van der Waals surface area contributed by atoms with Crippen LogP contribution in [0.5, 0.6) is 0 Å². The number of aryl methyl sites for hydroxylation is 2. The van der Waals surface area contributed by atoms with E-state index >= 15 is 0 Å². The van der Waals surface area contributed by atoms with Gasteiger partial charge in [-0.1, -0.05) is 29.8 Å². The summed E-state index contributed by atoms with van der Waals surface area (Å²) in [6.07, 6.45) is 0.796. The molecule has 0 radical (unpaired) electrons. The Bertz CT molecular complexity index is 1960. The van der Waals surface area contributed by atoms with Gasteiger partial charge in [-0.2, -0.15) is 0 Å². The summed E-state index contributed by atoms with van der Waals surface area (Å²) in [5.74, 6) is -1.26. The smallest absolute Gasteiger partial charge is 0.262 e. The minimum absolute atomic E-state index is 0.108. The molecule has 0 spiro atoms. The van der Waals surface area contributed by atoms with Crippen molar-refractivity contribution in [2.75, 3.05) is 5.32 Å². The van der Waals surface area contributed by atoms with E-state index in [9.17, 15) is 23.6 Å². The van der Waals surface area contributed by atoms with E-state index in [1.54, 1.807) is 43.3 Å². The average Bonchev–Trinajstić information content (AvgIpc) is 3.34. The summed E-state index contributed by atoms with van der Waals surface area (Å²) in [5, 5.41) is 6.80. The third-order valence-electron chi connectivity index (χ3n) is 7.53. The molecule has 1 saturated heterocycles. The highest BCUT2D eigenvalue weighted by Crippen LogP contribution is 2.35. The van der Waals surface area contributed by atoms with Gasteiger partial charge >= 0.3 is 0 Å². The van der Waals surface area contributed by atoms with Gasteiger partial charge in [0.2, 0.25) is 17.7 Å². The van der Waals surface area contributed by atoms with Crippen LogP contribution in [0.3, 0.4) is 0 Å². The minimum atomic E-state index is -0.842. The van der Waals surface area contributed by atoms with Gasteiger partial charge in [0.15, 0.2) is 0 Å². The highest BCUT2D eigenvalue weighted by Gasteiger charge is 2.30. The van der Waals surface area contributed by atoms with Crippen molar-refractivity contribution in [2.45, 2.75) is 38.6 Å². The molecule has 3 aromatic carbocycles. The van der Waals surface area contributed by atoms with E-state index in [0.717, 1.165) is 27.7 Å². The Hall–Kier alpha value is -4.83. The molecule has 1 unspecified atom stereocenters. The molecule has 212 valence electrons. The van der Waals surface area contributed by atoms with Crippen LogP contribution in [0.2, 0.25) is 5.02 Å². The predicted molar refractivity (Wildman–Crippen MR) is 158 cm³/mol. The first-order chi connectivity index (χ1) is 20.2. The van der Waals surface area contributed by atoms with Crippen LogP contribution in [0.25, 0.3) is 33.1 Å². The summed E-state index contributed by atoms with van der Waals surface area (Å²) in [7, 11) is 0. The number of rotatable bonds is 6. The summed E-state index contributed by atoms with van der Waals surface area (Å²) in [6.45, 7) is 1.61. The fourth-order valence-electron chi connectivity index (χ4n) is 5.54. The van der Waals surface area contributed by atoms with E-state index in [-0.39, 0.29) is 42.3 Å². The summed E-state index contributed by atoms with van der Waals surface area (Å²) in [6, 6.07) is 15.7. The molecule has 3 N–H and O–H groups in total. The Morgan fingerprint density at radius 3 is 2.57 bits per heavy atom. The average molecular weight is 586 g/mol. The van der Waals surface area contributed by atoms with Crippen molar-refractivity contribution in [3.8, 4) is 11.3 Å². The second-order valence-electron chi connectivity index (χ2n) is 10.2. The zero-order chi connectivity index (χ0) is 29.5. The molecule has 42 heavy (non-hydrogen) atoms. The van der Waals surface area contributed by atoms with Gasteiger partial charge in [0.05, 0.1) is 21.6 Å². The lowest BCUT2D eigenvalue weighted by molar-refractivity contribution is -0.135. The molecule has 0 aliphatic carbocycles. The molecule has 0 saturated carbocycles. The quantitative estimate of drug-likeness (QED) is 0.236. The number of hydrogen-bond acceptors (Lipinski definition) is 5. The number of nitrogens with one attached hydrogen (secondary N) is 3. The zero-order valence-electron chi connectivity index (χ0n) is 22.5. The highest BCUT2D eigenvalue weighted by molar-refractivity contribution is 6.35. The van der Waals surface area contributed by atoms with Gasteiger partial charge in [0, 0.05) is 23.9 Å². The number of halogens is 2. The summed E-state index contributed by atoms with van der Waals surface area (Å²) >= 11 is 6.44. The number of amides is 3. The van der Waals surface area contributed by atoms with E-state index < -0.39 is 17.5 Å². The maximum Gasteiger partial charge on any atom is 0.262 e. The number of aromatic amines is 1. The van der Waals surface area contributed by atoms with Crippen LogP contribution in [-0.2, 0) is 20.8 Å². The number of piperidine rings is 1. The molecule has 5 aromatic rings. The number of nitrogens with zero attached hydrogens (tertiary/aromatic N) is 2. The monoisotopic (exact) mass is 585 g/mol. The Balaban J connectivity index is 1.28. The Kier molecular flexibility index (Phi) is 7.07. The van der Waals surface area contributed by atoms with E-state index in [1.165, 1.54) is 16.7 Å². The Morgan fingerprint density at radius 1 is 1.07 bits per heavy atom. The second kappa shape index (κ2) is 10.9. The number of imide groups is 1. The van der Waals surface area contributed by atoms with Crippen molar-refractivity contribution in [3.63, 3.8) is 0 Å². The van der Waals surface area contributed by atoms with Crippen LogP contribution in [0.1, 0.15) is 36.7 Å². The first kappa shape index (κ1) is 27.3. The lowest BCUT2D eigenvalue weighted by atomic mass is 10.0. The molecule has 1 aliphatic rings. The molecular formula is C31H25ClFN5O4. The number of benzene rings is 3. The maximum absolute atomic E-state index is 13.6. The largest absolute Gasteiger partial charge is 0.353 e. The van der Waals surface area contributed by atoms with E-state index in [0.29, 0.717) is 28.5 Å². The number of para-hydroxylation sites is 2. The number of fused-ring (bicyclic) bond motifs is 2. The standard InChI is InChI=1S/C31H25ClFN5O4/c1-16-34-29-21(31(42)38(16)24-13-15-26(40)36-30(24)41)5-3-7-23(29)35-25(39)14-12-20-19-4-2-6-22(32)28(19)37-27(20)17-8-10-18(33)11-9-17/h2-11,24,37H,12-15H2,1H3,(H,35,39)(H,36,40,41). The molecule has 6 rings (SSSR count). The van der Waals surface area contributed by atoms with Crippen LogP contribution in [0.4, 0.5) is 10.1 Å². The Morgan fingerprint density at radius 2 is 1.81 bits per heavy atom. The molecule has 2 aromatic heterocycles. The lowest BCUT2D eigenvalue weighted by Gasteiger charge is -2.24. The highest BCUT2D eigenvalue weighted by atomic mass is 35.5. The molecule has 3 amide bonds. The molecule has 11 heteroatoms. The SMILES string of the molecule is Cc1nc2c(NC(=O)CCc3c(-c4ccc(F)cc4)[nH]c4c(Cl)cccc34)cccc2c(=O)n1C1CCC(=O)NC1=O. The normalized spacial score (nSPS) is 15.3. The van der Waals surface area contributed by atoms with Gasteiger partial charge in [-0.3, -0.25) is 29.1 Å². The maximum atomic E-state index is 13.6. The van der Waals surface area contributed by atoms with Crippen LogP contribution >= 0.6 is 11.6 Å². The number of carbonyl (C=O) groups is 3. The van der Waals surface area contributed by atoms with Crippen molar-refractivity contribution >= 4 is 56.8 Å². The van der Waals surface area contributed by atoms with Crippen molar-refractivity contribution < 1.29 is 18.8 Å². The van der Waals surface area contributed by atoms with E-state index in [2.05, 4.69) is 20.6 Å². The van der Waals surface area contributed by atoms with Crippen molar-refractivity contribution in [2.24, 2.45) is 0 Å². The number of aromatic nitrogens is 3. The molecule has 1 fully saturated rings. The number of H-pyrrole nitrogens is 1. The van der Waals surface area contributed by atoms with Gasteiger partial charge in [-0.15, -0.1) is 0 Å². The fourth-order valence-corrected chi connectivity index (χ4v) is 5.76. The van der Waals surface area contributed by atoms with Gasteiger partial charge in [0.1, 0.15) is 23.2 Å². The topological polar surface area (TPSA) is 126 Å². The van der Waals surface area contributed by atoms with Gasteiger partial charge in [-0.05, 0) is 73.4 Å². The van der Waals surface area contributed by atoms with Crippen LogP contribution in [0, 0.1) is 12.7 Å². The predicted octanol–water partition coefficient (Wildman–Crippen LogP) is 5.19. The van der Waals surface area contributed by atoms with Gasteiger partial charge < -0.3 is 10.3 Å². The van der Waals surface area contributed by atoms with Crippen LogP contribution in [-0.4, -0.2) is 32.3 Å². The summed E-state index contributed by atoms with van der Waals surface area (Å²) in [5.41, 5.74) is 3.37. The summed E-state index contributed by atoms with van der Waals surface area (Å²) in [4.78, 5) is 58.6. The van der Waals surface area contributed by atoms with Crippen LogP contribution < -0.4 is 16.2 Å². The summed E-state index contributed by atoms with van der Waals surface area (Å²) < 4.78 is 14.9. The van der Waals surface area contributed by atoms with E-state index in [1.807, 2.05) is 12.1 Å². The number of carbonyl (C=O) groups excluding carboxylic acids is 3. The zero-order valence-corrected chi connectivity index (χ0v) is 23.2. The van der Waals surface area contributed by atoms with E-state index in [4.69, 9.17) is 11.6 Å². The second-order valence-corrected chi connectivity index (χ2v) is 10.6. The third kappa shape index (κ3) is 4.94. The van der Waals surface area contributed by atoms with Crippen LogP contribution in [0.15, 0.2) is 65.5 Å². The van der Waals surface area contributed by atoms with Gasteiger partial charge in [0.25, 0.3) is 5.56 Å². The molecule has 1 aliphatic heterocycles. The fraction of sp³-hybridized carbons (Fsp3) is 0.194. The van der Waals surface area contributed by atoms with Crippen molar-refractivity contribution in [1.29, 1.82) is 0 Å². The number of hydrogen-bond donors (Lipinski definition) is 3. The third-order valence-corrected chi connectivity index (χ3v) is 7.84. The number of anilines is 1. The molecular weight excluding hydrogens is 561 g/mol. The molecule has 9 nitrogen and oxygen atoms in total. The molecule has 1 atom stereocenters. The van der Waals surface area contributed by atoms with Crippen molar-refractivity contribution in [3.05, 3.63) is 93.2 Å². The van der Waals surface area contributed by atoms with Crippen molar-refractivity contribution in [1.82, 2.24) is 19.9 Å². The van der Waals surface area contributed by atoms with Gasteiger partial charge in [-0.25, -0.2) is 9.37 Å². The minimum Gasteiger partial charge on any atom is -0.353 e. The lowest BCUT2D eigenvalue weighted by Crippen LogP contribution is -2.45. The first-order valence-electron chi connectivity index (χ1n) is 13.4. The molecule has 3 heterocycles.